The molecule has 0 unspecified atom stereocenters. The summed E-state index contributed by atoms with van der Waals surface area (Å²) in [5.74, 6) is 1.39. The van der Waals surface area contributed by atoms with Crippen molar-refractivity contribution in [1.82, 2.24) is 0 Å². The van der Waals surface area contributed by atoms with Crippen LogP contribution in [0.5, 0.6) is 0 Å². The van der Waals surface area contributed by atoms with Crippen LogP contribution < -0.4 is 0 Å². The van der Waals surface area contributed by atoms with Gasteiger partial charge in [0.05, 0.1) is 6.26 Å². The molecule has 18 heavy (non-hydrogen) atoms. The molecule has 2 heteroatoms. The minimum Gasteiger partial charge on any atom is -0.469 e. The summed E-state index contributed by atoms with van der Waals surface area (Å²) in [7, 11) is 0. The van der Waals surface area contributed by atoms with Crippen LogP contribution in [-0.2, 0) is 0 Å². The summed E-state index contributed by atoms with van der Waals surface area (Å²) < 4.78 is 5.46. The lowest BCUT2D eigenvalue weighted by Crippen LogP contribution is -2.06. The van der Waals surface area contributed by atoms with E-state index >= 15 is 0 Å². The molecule has 0 amide bonds. The van der Waals surface area contributed by atoms with Crippen LogP contribution in [0.25, 0.3) is 0 Å². The summed E-state index contributed by atoms with van der Waals surface area (Å²) in [5, 5.41) is 0. The Morgan fingerprint density at radius 3 is 2.44 bits per heavy atom. The fraction of sp³-hybridized carbons (Fsp3) is 0.312. The molecule has 1 saturated carbocycles. The molecule has 2 nitrogen and oxygen atoms in total. The Hall–Kier alpha value is -1.83. The van der Waals surface area contributed by atoms with E-state index in [4.69, 9.17) is 4.42 Å². The molecule has 1 aromatic carbocycles. The molecule has 0 aliphatic heterocycles. The normalized spacial score (nSPS) is 24.8. The average molecular weight is 240 g/mol. The summed E-state index contributed by atoms with van der Waals surface area (Å²) in [4.78, 5) is 12.5. The summed E-state index contributed by atoms with van der Waals surface area (Å²) >= 11 is 0. The van der Waals surface area contributed by atoms with Gasteiger partial charge in [0.15, 0.2) is 5.78 Å². The number of ketones is 1. The molecular formula is C16H16O2. The summed E-state index contributed by atoms with van der Waals surface area (Å²) in [6.07, 6.45) is 1.67. The van der Waals surface area contributed by atoms with Gasteiger partial charge in [-0.2, -0.15) is 0 Å². The monoisotopic (exact) mass is 240 g/mol. The zero-order valence-corrected chi connectivity index (χ0v) is 10.6. The highest BCUT2D eigenvalue weighted by Gasteiger charge is 2.63. The van der Waals surface area contributed by atoms with Crippen molar-refractivity contribution in [3.8, 4) is 0 Å². The maximum atomic E-state index is 12.5. The molecule has 2 atom stereocenters. The highest BCUT2D eigenvalue weighted by Crippen LogP contribution is 2.65. The highest BCUT2D eigenvalue weighted by molar-refractivity contribution is 6.01. The molecule has 1 aliphatic carbocycles. The number of benzene rings is 1. The highest BCUT2D eigenvalue weighted by atomic mass is 16.3. The minimum absolute atomic E-state index is 0.00915. The first-order valence-corrected chi connectivity index (χ1v) is 6.25. The van der Waals surface area contributed by atoms with Gasteiger partial charge in [0.25, 0.3) is 0 Å². The lowest BCUT2D eigenvalue weighted by Gasteiger charge is -2.01. The summed E-state index contributed by atoms with van der Waals surface area (Å²) in [5.41, 5.74) is 0.787. The number of rotatable bonds is 3. The van der Waals surface area contributed by atoms with Gasteiger partial charge in [0.1, 0.15) is 5.76 Å². The van der Waals surface area contributed by atoms with Crippen LogP contribution in [-0.4, -0.2) is 5.78 Å². The lowest BCUT2D eigenvalue weighted by molar-refractivity contribution is 0.0951. The third-order valence-corrected chi connectivity index (χ3v) is 4.02. The van der Waals surface area contributed by atoms with Gasteiger partial charge in [-0.3, -0.25) is 4.79 Å². The van der Waals surface area contributed by atoms with Gasteiger partial charge in [0, 0.05) is 17.4 Å². The predicted molar refractivity (Wildman–Crippen MR) is 69.5 cm³/mol. The van der Waals surface area contributed by atoms with Gasteiger partial charge in [-0.05, 0) is 17.5 Å². The number of carbonyl (C=O) groups excluding carboxylic acids is 1. The fourth-order valence-corrected chi connectivity index (χ4v) is 2.91. The third kappa shape index (κ3) is 1.60. The van der Waals surface area contributed by atoms with E-state index in [1.54, 1.807) is 6.26 Å². The van der Waals surface area contributed by atoms with E-state index in [9.17, 15) is 4.79 Å². The van der Waals surface area contributed by atoms with Crippen LogP contribution in [0.15, 0.2) is 53.1 Å². The Morgan fingerprint density at radius 2 is 1.83 bits per heavy atom. The molecule has 3 rings (SSSR count). The quantitative estimate of drug-likeness (QED) is 0.761. The van der Waals surface area contributed by atoms with Gasteiger partial charge < -0.3 is 4.42 Å². The Morgan fingerprint density at radius 1 is 1.11 bits per heavy atom. The average Bonchev–Trinajstić information content (AvgIpc) is 2.78. The van der Waals surface area contributed by atoms with E-state index in [1.165, 1.54) is 0 Å². The van der Waals surface area contributed by atoms with E-state index in [-0.39, 0.29) is 23.0 Å². The van der Waals surface area contributed by atoms with Gasteiger partial charge >= 0.3 is 0 Å². The van der Waals surface area contributed by atoms with E-state index in [2.05, 4.69) is 13.8 Å². The molecular weight excluding hydrogens is 224 g/mol. The van der Waals surface area contributed by atoms with Crippen LogP contribution in [0, 0.1) is 11.3 Å². The Kier molecular flexibility index (Phi) is 2.40. The molecule has 0 bridgehead atoms. The zero-order valence-electron chi connectivity index (χ0n) is 10.6. The van der Waals surface area contributed by atoms with Crippen molar-refractivity contribution in [2.75, 3.05) is 0 Å². The minimum atomic E-state index is -0.00915. The SMILES string of the molecule is CC1(C)[C@H](C(=O)c2ccccc2)[C@H]1c1ccco1. The maximum absolute atomic E-state index is 12.5. The number of furan rings is 1. The van der Waals surface area contributed by atoms with Crippen LogP contribution in [0.1, 0.15) is 35.9 Å². The summed E-state index contributed by atoms with van der Waals surface area (Å²) in [6.45, 7) is 4.26. The number of carbonyl (C=O) groups is 1. The topological polar surface area (TPSA) is 30.2 Å². The number of Topliss-reactive ketones (excluding diaryl/α,β-unsaturated/α-hetero) is 1. The molecule has 0 spiro atoms. The van der Waals surface area contributed by atoms with Gasteiger partial charge in [-0.15, -0.1) is 0 Å². The van der Waals surface area contributed by atoms with Crippen LogP contribution in [0.4, 0.5) is 0 Å². The van der Waals surface area contributed by atoms with Crippen molar-refractivity contribution in [1.29, 1.82) is 0 Å². The summed E-state index contributed by atoms with van der Waals surface area (Å²) in [6, 6.07) is 13.4. The molecule has 0 radical (unpaired) electrons. The smallest absolute Gasteiger partial charge is 0.167 e. The van der Waals surface area contributed by atoms with E-state index in [1.807, 2.05) is 42.5 Å². The van der Waals surface area contributed by atoms with E-state index in [0.717, 1.165) is 11.3 Å². The molecule has 92 valence electrons. The predicted octanol–water partition coefficient (Wildman–Crippen LogP) is 3.90. The molecule has 0 saturated heterocycles. The van der Waals surface area contributed by atoms with Gasteiger partial charge in [-0.1, -0.05) is 44.2 Å². The van der Waals surface area contributed by atoms with Crippen molar-refractivity contribution in [2.45, 2.75) is 19.8 Å². The van der Waals surface area contributed by atoms with Crippen molar-refractivity contribution >= 4 is 5.78 Å². The first-order valence-electron chi connectivity index (χ1n) is 6.25. The van der Waals surface area contributed by atoms with Crippen molar-refractivity contribution in [3.05, 3.63) is 60.1 Å². The standard InChI is InChI=1S/C16H16O2/c1-16(2)13(12-9-6-10-18-12)14(16)15(17)11-7-4-3-5-8-11/h3-10,13-14H,1-2H3/t13-,14+/m1/s1. The third-order valence-electron chi connectivity index (χ3n) is 4.02. The largest absolute Gasteiger partial charge is 0.469 e. The number of hydrogen-bond acceptors (Lipinski definition) is 2. The molecule has 1 aromatic heterocycles. The first kappa shape index (κ1) is 11.3. The molecule has 2 aromatic rings. The van der Waals surface area contributed by atoms with Crippen LogP contribution >= 0.6 is 0 Å². The Balaban J connectivity index is 1.89. The second kappa shape index (κ2) is 3.84. The first-order chi connectivity index (χ1) is 8.62. The molecule has 1 aliphatic rings. The van der Waals surface area contributed by atoms with E-state index < -0.39 is 0 Å². The second-order valence-corrected chi connectivity index (χ2v) is 5.52. The van der Waals surface area contributed by atoms with Crippen molar-refractivity contribution < 1.29 is 9.21 Å². The fourth-order valence-electron chi connectivity index (χ4n) is 2.91. The van der Waals surface area contributed by atoms with Crippen molar-refractivity contribution in [2.24, 2.45) is 11.3 Å². The molecule has 1 fully saturated rings. The second-order valence-electron chi connectivity index (χ2n) is 5.52. The van der Waals surface area contributed by atoms with Crippen LogP contribution in [0.3, 0.4) is 0 Å². The maximum Gasteiger partial charge on any atom is 0.167 e. The lowest BCUT2D eigenvalue weighted by atomic mass is 10.0. The Bertz CT molecular complexity index is 552. The van der Waals surface area contributed by atoms with Crippen LogP contribution in [0.2, 0.25) is 0 Å². The Labute approximate surface area is 107 Å². The van der Waals surface area contributed by atoms with Gasteiger partial charge in [-0.25, -0.2) is 0 Å². The zero-order chi connectivity index (χ0) is 12.8. The van der Waals surface area contributed by atoms with Gasteiger partial charge in [0.2, 0.25) is 0 Å². The molecule has 0 N–H and O–H groups in total. The molecule has 1 heterocycles. The van der Waals surface area contributed by atoms with E-state index in [0.29, 0.717) is 0 Å². The number of hydrogen-bond donors (Lipinski definition) is 0. The van der Waals surface area contributed by atoms with Crippen molar-refractivity contribution in [3.63, 3.8) is 0 Å².